The van der Waals surface area contributed by atoms with Crippen LogP contribution in [0.25, 0.3) is 10.9 Å². The highest BCUT2D eigenvalue weighted by Gasteiger charge is 2.27. The number of carboxylic acid groups (broad SMARTS) is 1. The SMILES string of the molecule is Cc1ccc(C(=O)C[C@H](C(=O)O)c2cn(CCC#N)c3ccccc23)cc1. The normalized spacial score (nSPS) is 11.9. The van der Waals surface area contributed by atoms with Gasteiger partial charge in [-0.1, -0.05) is 48.0 Å². The molecule has 0 saturated carbocycles. The molecule has 0 radical (unpaired) electrons. The molecular weight excluding hydrogens is 340 g/mol. The third kappa shape index (κ3) is 3.90. The molecule has 0 bridgehead atoms. The van der Waals surface area contributed by atoms with Crippen molar-refractivity contribution in [2.75, 3.05) is 0 Å². The molecule has 27 heavy (non-hydrogen) atoms. The first kappa shape index (κ1) is 18.4. The Balaban J connectivity index is 1.98. The van der Waals surface area contributed by atoms with Gasteiger partial charge in [0.05, 0.1) is 18.4 Å². The van der Waals surface area contributed by atoms with Crippen molar-refractivity contribution >= 4 is 22.7 Å². The van der Waals surface area contributed by atoms with Crippen LogP contribution in [0.15, 0.2) is 54.7 Å². The summed E-state index contributed by atoms with van der Waals surface area (Å²) in [4.78, 5) is 24.6. The van der Waals surface area contributed by atoms with Crippen LogP contribution in [0.4, 0.5) is 0 Å². The second-order valence-corrected chi connectivity index (χ2v) is 6.59. The van der Waals surface area contributed by atoms with Crippen LogP contribution in [-0.2, 0) is 11.3 Å². The highest BCUT2D eigenvalue weighted by molar-refractivity contribution is 6.00. The number of benzene rings is 2. The van der Waals surface area contributed by atoms with Gasteiger partial charge in [-0.2, -0.15) is 5.26 Å². The van der Waals surface area contributed by atoms with E-state index in [1.54, 1.807) is 18.3 Å². The lowest BCUT2D eigenvalue weighted by molar-refractivity contribution is -0.138. The maximum absolute atomic E-state index is 12.6. The highest BCUT2D eigenvalue weighted by atomic mass is 16.4. The van der Waals surface area contributed by atoms with Gasteiger partial charge < -0.3 is 9.67 Å². The second kappa shape index (κ2) is 7.88. The van der Waals surface area contributed by atoms with Gasteiger partial charge >= 0.3 is 5.97 Å². The van der Waals surface area contributed by atoms with Crippen LogP contribution in [-0.4, -0.2) is 21.4 Å². The molecule has 0 aliphatic heterocycles. The molecule has 0 unspecified atom stereocenters. The van der Waals surface area contributed by atoms with E-state index in [0.717, 1.165) is 16.5 Å². The van der Waals surface area contributed by atoms with Crippen molar-refractivity contribution in [1.82, 2.24) is 4.57 Å². The molecule has 2 aromatic carbocycles. The van der Waals surface area contributed by atoms with E-state index in [9.17, 15) is 14.7 Å². The number of ketones is 1. The van der Waals surface area contributed by atoms with Crippen molar-refractivity contribution in [2.24, 2.45) is 0 Å². The van der Waals surface area contributed by atoms with Crippen molar-refractivity contribution < 1.29 is 14.7 Å². The largest absolute Gasteiger partial charge is 0.481 e. The summed E-state index contributed by atoms with van der Waals surface area (Å²) < 4.78 is 1.89. The number of carbonyl (C=O) groups is 2. The lowest BCUT2D eigenvalue weighted by Gasteiger charge is -2.11. The van der Waals surface area contributed by atoms with Crippen LogP contribution in [0, 0.1) is 18.3 Å². The summed E-state index contributed by atoms with van der Waals surface area (Å²) in [5.41, 5.74) is 3.04. The average molecular weight is 360 g/mol. The molecule has 5 heteroatoms. The van der Waals surface area contributed by atoms with Gasteiger partial charge in [0, 0.05) is 35.6 Å². The van der Waals surface area contributed by atoms with Gasteiger partial charge in [0.15, 0.2) is 5.78 Å². The molecule has 5 nitrogen and oxygen atoms in total. The zero-order valence-electron chi connectivity index (χ0n) is 15.1. The average Bonchev–Trinajstić information content (AvgIpc) is 3.03. The summed E-state index contributed by atoms with van der Waals surface area (Å²) in [6.07, 6.45) is 1.99. The second-order valence-electron chi connectivity index (χ2n) is 6.59. The Morgan fingerprint density at radius 2 is 1.85 bits per heavy atom. The molecule has 0 spiro atoms. The van der Waals surface area contributed by atoms with Crippen molar-refractivity contribution in [3.63, 3.8) is 0 Å². The van der Waals surface area contributed by atoms with Gasteiger partial charge in [0.25, 0.3) is 0 Å². The van der Waals surface area contributed by atoms with Crippen LogP contribution in [0.1, 0.15) is 40.2 Å². The number of carboxylic acids is 1. The van der Waals surface area contributed by atoms with E-state index in [0.29, 0.717) is 24.1 Å². The van der Waals surface area contributed by atoms with Crippen LogP contribution >= 0.6 is 0 Å². The maximum atomic E-state index is 12.6. The number of aliphatic carboxylic acids is 1. The van der Waals surface area contributed by atoms with Gasteiger partial charge in [-0.25, -0.2) is 0 Å². The number of fused-ring (bicyclic) bond motifs is 1. The molecule has 0 aliphatic carbocycles. The number of aryl methyl sites for hydroxylation is 2. The van der Waals surface area contributed by atoms with E-state index >= 15 is 0 Å². The number of Topliss-reactive ketones (excluding diaryl/α,β-unsaturated/α-hetero) is 1. The number of aromatic nitrogens is 1. The number of rotatable bonds is 7. The van der Waals surface area contributed by atoms with Crippen LogP contribution in [0.2, 0.25) is 0 Å². The maximum Gasteiger partial charge on any atom is 0.311 e. The number of carbonyl (C=O) groups excluding carboxylic acids is 1. The number of nitriles is 1. The van der Waals surface area contributed by atoms with E-state index in [2.05, 4.69) is 6.07 Å². The minimum Gasteiger partial charge on any atom is -0.481 e. The Morgan fingerprint density at radius 3 is 2.52 bits per heavy atom. The molecule has 1 atom stereocenters. The van der Waals surface area contributed by atoms with Crippen molar-refractivity contribution in [3.8, 4) is 6.07 Å². The summed E-state index contributed by atoms with van der Waals surface area (Å²) in [5.74, 6) is -2.16. The Hall–Kier alpha value is -3.39. The number of nitrogens with zero attached hydrogens (tertiary/aromatic N) is 2. The van der Waals surface area contributed by atoms with E-state index < -0.39 is 11.9 Å². The molecule has 3 rings (SSSR count). The summed E-state index contributed by atoms with van der Waals surface area (Å²) >= 11 is 0. The van der Waals surface area contributed by atoms with Crippen molar-refractivity contribution in [2.45, 2.75) is 32.2 Å². The van der Waals surface area contributed by atoms with E-state index in [1.165, 1.54) is 0 Å². The summed E-state index contributed by atoms with van der Waals surface area (Å²) in [5, 5.41) is 19.5. The molecule has 0 fully saturated rings. The zero-order chi connectivity index (χ0) is 19.4. The molecule has 1 heterocycles. The van der Waals surface area contributed by atoms with Gasteiger partial charge in [-0.05, 0) is 18.6 Å². The third-order valence-corrected chi connectivity index (χ3v) is 4.72. The molecular formula is C22H20N2O3. The first-order valence-corrected chi connectivity index (χ1v) is 8.78. The lowest BCUT2D eigenvalue weighted by Crippen LogP contribution is -2.16. The number of para-hydroxylation sites is 1. The minimum absolute atomic E-state index is 0.106. The minimum atomic E-state index is -1.03. The fourth-order valence-corrected chi connectivity index (χ4v) is 3.28. The zero-order valence-corrected chi connectivity index (χ0v) is 15.1. The van der Waals surface area contributed by atoms with E-state index in [1.807, 2.05) is 47.9 Å². The first-order valence-electron chi connectivity index (χ1n) is 8.78. The molecule has 1 aromatic heterocycles. The van der Waals surface area contributed by atoms with Gasteiger partial charge in [-0.15, -0.1) is 0 Å². The molecule has 136 valence electrons. The van der Waals surface area contributed by atoms with E-state index in [4.69, 9.17) is 5.26 Å². The highest BCUT2D eigenvalue weighted by Crippen LogP contribution is 2.31. The van der Waals surface area contributed by atoms with E-state index in [-0.39, 0.29) is 12.2 Å². The Labute approximate surface area is 157 Å². The molecule has 0 amide bonds. The molecule has 0 aliphatic rings. The fourth-order valence-electron chi connectivity index (χ4n) is 3.28. The first-order chi connectivity index (χ1) is 13.0. The topological polar surface area (TPSA) is 83.1 Å². The van der Waals surface area contributed by atoms with Crippen LogP contribution in [0.3, 0.4) is 0 Å². The number of hydrogen-bond acceptors (Lipinski definition) is 3. The smallest absolute Gasteiger partial charge is 0.311 e. The fraction of sp³-hybridized carbons (Fsp3) is 0.227. The summed E-state index contributed by atoms with van der Waals surface area (Å²) in [7, 11) is 0. The Bertz CT molecular complexity index is 1030. The summed E-state index contributed by atoms with van der Waals surface area (Å²) in [6.45, 7) is 2.42. The predicted octanol–water partition coefficient (Wildman–Crippen LogP) is 4.30. The third-order valence-electron chi connectivity index (χ3n) is 4.72. The summed E-state index contributed by atoms with van der Waals surface area (Å²) in [6, 6.07) is 16.7. The Morgan fingerprint density at radius 1 is 1.15 bits per heavy atom. The van der Waals surface area contributed by atoms with Crippen molar-refractivity contribution in [1.29, 1.82) is 5.26 Å². The monoisotopic (exact) mass is 360 g/mol. The van der Waals surface area contributed by atoms with Gasteiger partial charge in [-0.3, -0.25) is 9.59 Å². The molecule has 1 N–H and O–H groups in total. The molecule has 0 saturated heterocycles. The van der Waals surface area contributed by atoms with Crippen LogP contribution < -0.4 is 0 Å². The standard InChI is InChI=1S/C22H20N2O3/c1-15-7-9-16(10-8-15)21(25)13-18(22(26)27)19-14-24(12-4-11-23)20-6-3-2-5-17(19)20/h2-3,5-10,14,18H,4,12-13H2,1H3,(H,26,27)/t18-/m0/s1. The number of hydrogen-bond donors (Lipinski definition) is 1. The van der Waals surface area contributed by atoms with Crippen LogP contribution in [0.5, 0.6) is 0 Å². The molecule has 3 aromatic rings. The van der Waals surface area contributed by atoms with Gasteiger partial charge in [0.1, 0.15) is 0 Å². The van der Waals surface area contributed by atoms with Crippen molar-refractivity contribution in [3.05, 3.63) is 71.4 Å². The lowest BCUT2D eigenvalue weighted by atomic mass is 9.91. The quantitative estimate of drug-likeness (QED) is 0.637. The Kier molecular flexibility index (Phi) is 5.37. The predicted molar refractivity (Wildman–Crippen MR) is 103 cm³/mol. The van der Waals surface area contributed by atoms with Gasteiger partial charge in [0.2, 0.25) is 0 Å².